The second-order valence-electron chi connectivity index (χ2n) is 5.63. The van der Waals surface area contributed by atoms with Crippen molar-refractivity contribution < 1.29 is 13.2 Å². The van der Waals surface area contributed by atoms with Gasteiger partial charge in [-0.1, -0.05) is 0 Å². The Hall–Kier alpha value is -1.31. The number of benzene rings is 1. The number of ether oxygens (including phenoxy) is 1. The third-order valence-electron chi connectivity index (χ3n) is 4.10. The number of nitrogens with one attached hydrogen (secondary N) is 1. The van der Waals surface area contributed by atoms with Gasteiger partial charge in [-0.05, 0) is 37.5 Å². The highest BCUT2D eigenvalue weighted by Crippen LogP contribution is 2.35. The van der Waals surface area contributed by atoms with Gasteiger partial charge in [0.25, 0.3) is 0 Å². The van der Waals surface area contributed by atoms with Crippen LogP contribution in [0.3, 0.4) is 0 Å². The van der Waals surface area contributed by atoms with E-state index >= 15 is 0 Å². The maximum absolute atomic E-state index is 12.0. The first-order valence-corrected chi connectivity index (χ1v) is 8.36. The smallest absolute Gasteiger partial charge is 0.242 e. The highest BCUT2D eigenvalue weighted by Gasteiger charge is 2.36. The Kier molecular flexibility index (Phi) is 4.46. The lowest BCUT2D eigenvalue weighted by atomic mass is 9.80. The molecular weight excluding hydrogens is 290 g/mol. The second-order valence-corrected chi connectivity index (χ2v) is 7.78. The first-order valence-electron chi connectivity index (χ1n) is 6.92. The van der Waals surface area contributed by atoms with Gasteiger partial charge in [0.1, 0.15) is 0 Å². The number of nitrogens with zero attached hydrogens (tertiary/aromatic N) is 1. The van der Waals surface area contributed by atoms with Crippen molar-refractivity contribution in [2.45, 2.75) is 29.8 Å². The summed E-state index contributed by atoms with van der Waals surface area (Å²) in [6.07, 6.45) is 3.23. The van der Waals surface area contributed by atoms with Gasteiger partial charge < -0.3 is 15.8 Å². The Balaban J connectivity index is 2.13. The SMILES string of the molecule is COC1(CNc2ccc(S(=O)(=O)N(C)C)cc2N)CCC1. The van der Waals surface area contributed by atoms with Gasteiger partial charge in [0.2, 0.25) is 10.0 Å². The fraction of sp³-hybridized carbons (Fsp3) is 0.571. The molecule has 0 spiro atoms. The summed E-state index contributed by atoms with van der Waals surface area (Å²) in [6.45, 7) is 0.674. The predicted octanol–water partition coefficient (Wildman–Crippen LogP) is 1.50. The van der Waals surface area contributed by atoms with Crippen LogP contribution >= 0.6 is 0 Å². The lowest BCUT2D eigenvalue weighted by Crippen LogP contribution is -2.45. The van der Waals surface area contributed by atoms with E-state index in [2.05, 4.69) is 5.32 Å². The van der Waals surface area contributed by atoms with Crippen LogP contribution in [0.25, 0.3) is 0 Å². The van der Waals surface area contributed by atoms with Crippen molar-refractivity contribution in [3.63, 3.8) is 0 Å². The number of nitrogens with two attached hydrogens (primary N) is 1. The number of methoxy groups -OCH3 is 1. The molecule has 1 fully saturated rings. The molecule has 118 valence electrons. The van der Waals surface area contributed by atoms with E-state index in [9.17, 15) is 8.42 Å². The average molecular weight is 313 g/mol. The molecule has 1 aromatic rings. The zero-order valence-corrected chi connectivity index (χ0v) is 13.5. The molecule has 0 unspecified atom stereocenters. The molecule has 2 rings (SSSR count). The molecular formula is C14H23N3O3S. The minimum absolute atomic E-state index is 0.110. The highest BCUT2D eigenvalue weighted by molar-refractivity contribution is 7.89. The van der Waals surface area contributed by atoms with Crippen molar-refractivity contribution >= 4 is 21.4 Å². The Labute approximate surface area is 126 Å². The number of anilines is 2. The molecule has 1 aliphatic rings. The van der Waals surface area contributed by atoms with Crippen LogP contribution < -0.4 is 11.1 Å². The molecule has 1 saturated carbocycles. The number of nitrogen functional groups attached to an aromatic ring is 1. The molecule has 1 aromatic carbocycles. The monoisotopic (exact) mass is 313 g/mol. The summed E-state index contributed by atoms with van der Waals surface area (Å²) in [7, 11) is 1.26. The summed E-state index contributed by atoms with van der Waals surface area (Å²) in [5, 5.41) is 3.26. The third-order valence-corrected chi connectivity index (χ3v) is 5.91. The van der Waals surface area contributed by atoms with Crippen LogP contribution in [0.2, 0.25) is 0 Å². The summed E-state index contributed by atoms with van der Waals surface area (Å²) in [5.41, 5.74) is 7.00. The Morgan fingerprint density at radius 3 is 2.48 bits per heavy atom. The number of hydrogen-bond donors (Lipinski definition) is 2. The van der Waals surface area contributed by atoms with Crippen LogP contribution in [-0.2, 0) is 14.8 Å². The Morgan fingerprint density at radius 2 is 2.05 bits per heavy atom. The maximum atomic E-state index is 12.0. The summed E-state index contributed by atoms with van der Waals surface area (Å²) in [4.78, 5) is 0.195. The van der Waals surface area contributed by atoms with Crippen molar-refractivity contribution in [3.8, 4) is 0 Å². The number of hydrogen-bond acceptors (Lipinski definition) is 5. The number of sulfonamides is 1. The lowest BCUT2D eigenvalue weighted by molar-refractivity contribution is -0.0601. The fourth-order valence-electron chi connectivity index (χ4n) is 2.35. The molecule has 0 aliphatic heterocycles. The van der Waals surface area contributed by atoms with E-state index in [1.807, 2.05) is 0 Å². The predicted molar refractivity (Wildman–Crippen MR) is 83.8 cm³/mol. The normalized spacial score (nSPS) is 17.5. The van der Waals surface area contributed by atoms with Gasteiger partial charge in [0.15, 0.2) is 0 Å². The molecule has 1 aliphatic carbocycles. The molecule has 0 radical (unpaired) electrons. The largest absolute Gasteiger partial charge is 0.397 e. The molecule has 7 heteroatoms. The molecule has 0 atom stereocenters. The zero-order chi connectivity index (χ0) is 15.7. The molecule has 0 saturated heterocycles. The van der Waals surface area contributed by atoms with E-state index in [4.69, 9.17) is 10.5 Å². The lowest BCUT2D eigenvalue weighted by Gasteiger charge is -2.40. The van der Waals surface area contributed by atoms with Gasteiger partial charge in [0, 0.05) is 27.7 Å². The molecule has 0 bridgehead atoms. The summed E-state index contributed by atoms with van der Waals surface area (Å²) in [6, 6.07) is 4.75. The summed E-state index contributed by atoms with van der Waals surface area (Å²) >= 11 is 0. The molecule has 0 aromatic heterocycles. The van der Waals surface area contributed by atoms with Crippen molar-refractivity contribution in [3.05, 3.63) is 18.2 Å². The van der Waals surface area contributed by atoms with Crippen LogP contribution in [0, 0.1) is 0 Å². The third kappa shape index (κ3) is 3.14. The van der Waals surface area contributed by atoms with Crippen LogP contribution in [0.1, 0.15) is 19.3 Å². The zero-order valence-electron chi connectivity index (χ0n) is 12.7. The number of rotatable bonds is 6. The standard InChI is InChI=1S/C14H23N3O3S/c1-17(2)21(18,19)11-5-6-13(12(15)9-11)16-10-14(20-3)7-4-8-14/h5-6,9,16H,4,7-8,10,15H2,1-3H3. The molecule has 0 amide bonds. The van der Waals surface area contributed by atoms with Gasteiger partial charge in [0.05, 0.1) is 21.9 Å². The van der Waals surface area contributed by atoms with Crippen LogP contribution in [-0.4, -0.2) is 46.1 Å². The molecule has 21 heavy (non-hydrogen) atoms. The molecule has 6 nitrogen and oxygen atoms in total. The fourth-order valence-corrected chi connectivity index (χ4v) is 3.29. The van der Waals surface area contributed by atoms with E-state index in [-0.39, 0.29) is 10.5 Å². The Bertz CT molecular complexity index is 604. The first kappa shape index (κ1) is 16.1. The average Bonchev–Trinajstić information content (AvgIpc) is 2.39. The van der Waals surface area contributed by atoms with Gasteiger partial charge in [-0.15, -0.1) is 0 Å². The second kappa shape index (κ2) is 5.82. The first-order chi connectivity index (χ1) is 9.81. The molecule has 3 N–H and O–H groups in total. The van der Waals surface area contributed by atoms with E-state index in [1.165, 1.54) is 30.9 Å². The minimum atomic E-state index is -3.46. The van der Waals surface area contributed by atoms with Gasteiger partial charge in [-0.2, -0.15) is 0 Å². The van der Waals surface area contributed by atoms with Crippen LogP contribution in [0.5, 0.6) is 0 Å². The van der Waals surface area contributed by atoms with Gasteiger partial charge in [-0.3, -0.25) is 0 Å². The van der Waals surface area contributed by atoms with E-state index in [0.717, 1.165) is 18.5 Å². The molecule has 0 heterocycles. The van der Waals surface area contributed by atoms with Crippen LogP contribution in [0.15, 0.2) is 23.1 Å². The van der Waals surface area contributed by atoms with Crippen LogP contribution in [0.4, 0.5) is 11.4 Å². The van der Waals surface area contributed by atoms with Crippen molar-refractivity contribution in [2.75, 3.05) is 38.8 Å². The van der Waals surface area contributed by atoms with Crippen molar-refractivity contribution in [1.82, 2.24) is 4.31 Å². The minimum Gasteiger partial charge on any atom is -0.397 e. The quantitative estimate of drug-likeness (QED) is 0.778. The summed E-state index contributed by atoms with van der Waals surface area (Å²) < 4.78 is 30.8. The Morgan fingerprint density at radius 1 is 1.38 bits per heavy atom. The topological polar surface area (TPSA) is 84.7 Å². The van der Waals surface area contributed by atoms with Gasteiger partial charge in [-0.25, -0.2) is 12.7 Å². The highest BCUT2D eigenvalue weighted by atomic mass is 32.2. The maximum Gasteiger partial charge on any atom is 0.242 e. The van der Waals surface area contributed by atoms with E-state index in [1.54, 1.807) is 19.2 Å². The van der Waals surface area contributed by atoms with Gasteiger partial charge >= 0.3 is 0 Å². The van der Waals surface area contributed by atoms with Crippen molar-refractivity contribution in [2.24, 2.45) is 0 Å². The van der Waals surface area contributed by atoms with E-state index in [0.29, 0.717) is 12.2 Å². The van der Waals surface area contributed by atoms with E-state index < -0.39 is 10.0 Å². The summed E-state index contributed by atoms with van der Waals surface area (Å²) in [5.74, 6) is 0. The van der Waals surface area contributed by atoms with Crippen molar-refractivity contribution in [1.29, 1.82) is 0 Å².